The average Bonchev–Trinajstić information content (AvgIpc) is 3.37. The summed E-state index contributed by atoms with van der Waals surface area (Å²) < 4.78 is 29.4. The number of aliphatic hydroxyl groups is 1. The fraction of sp³-hybridized carbons (Fsp3) is 0.0800. The Hall–Kier alpha value is -4.75. The lowest BCUT2D eigenvalue weighted by Gasteiger charge is -2.35. The second-order valence-electron chi connectivity index (χ2n) is 7.89. The quantitative estimate of drug-likeness (QED) is 0.392. The van der Waals surface area contributed by atoms with Crippen LogP contribution in [0.5, 0.6) is 0 Å². The van der Waals surface area contributed by atoms with E-state index < -0.39 is 40.6 Å². The van der Waals surface area contributed by atoms with Crippen molar-refractivity contribution in [3.63, 3.8) is 0 Å². The van der Waals surface area contributed by atoms with Gasteiger partial charge in [0.2, 0.25) is 5.95 Å². The number of hydrogen-bond donors (Lipinski definition) is 3. The summed E-state index contributed by atoms with van der Waals surface area (Å²) in [4.78, 5) is 33.5. The minimum Gasteiger partial charge on any atom is -0.465 e. The number of nitrogens with one attached hydrogen (secondary N) is 1. The zero-order valence-electron chi connectivity index (χ0n) is 18.1. The number of imidazole rings is 1. The summed E-state index contributed by atoms with van der Waals surface area (Å²) in [5.41, 5.74) is -2.08. The predicted molar refractivity (Wildman–Crippen MR) is 123 cm³/mol. The standard InChI is InChI=1S/C25H16F2N4O4/c1-3-14-17(26)9-11-20(21(14)27)31-22(32)15-6-4-5-7-16(15)25(31,35)13-8-10-18-19(12-13)29-23(28-18)30(2)24(33)34/h1,4-12,35H,2H3,(H,28,29)(H,33,34). The Morgan fingerprint density at radius 2 is 1.94 bits per heavy atom. The molecule has 1 atom stereocenters. The summed E-state index contributed by atoms with van der Waals surface area (Å²) in [5, 5.41) is 21.3. The van der Waals surface area contributed by atoms with Gasteiger partial charge in [-0.15, -0.1) is 6.42 Å². The molecule has 3 aromatic carbocycles. The van der Waals surface area contributed by atoms with E-state index in [0.29, 0.717) is 11.0 Å². The van der Waals surface area contributed by atoms with Gasteiger partial charge in [-0.2, -0.15) is 0 Å². The van der Waals surface area contributed by atoms with E-state index in [2.05, 4.69) is 9.97 Å². The van der Waals surface area contributed by atoms with Crippen LogP contribution in [-0.4, -0.2) is 39.2 Å². The third-order valence-corrected chi connectivity index (χ3v) is 5.99. The Labute approximate surface area is 197 Å². The van der Waals surface area contributed by atoms with Crippen molar-refractivity contribution in [3.05, 3.63) is 88.5 Å². The molecule has 10 heteroatoms. The van der Waals surface area contributed by atoms with Gasteiger partial charge in [0.1, 0.15) is 5.82 Å². The zero-order chi connectivity index (χ0) is 25.1. The molecule has 1 aliphatic rings. The number of carbonyl (C=O) groups excluding carboxylic acids is 1. The number of halogens is 2. The van der Waals surface area contributed by atoms with Gasteiger partial charge in [-0.05, 0) is 30.3 Å². The molecule has 1 unspecified atom stereocenters. The van der Waals surface area contributed by atoms with E-state index in [1.807, 2.05) is 5.92 Å². The molecular weight excluding hydrogens is 458 g/mol. The second kappa shape index (κ2) is 7.65. The van der Waals surface area contributed by atoms with Crippen molar-refractivity contribution >= 4 is 34.7 Å². The summed E-state index contributed by atoms with van der Waals surface area (Å²) >= 11 is 0. The topological polar surface area (TPSA) is 110 Å². The maximum absolute atomic E-state index is 15.3. The van der Waals surface area contributed by atoms with Gasteiger partial charge in [0.15, 0.2) is 11.5 Å². The molecule has 0 fully saturated rings. The van der Waals surface area contributed by atoms with Crippen molar-refractivity contribution in [3.8, 4) is 12.3 Å². The molecule has 35 heavy (non-hydrogen) atoms. The fourth-order valence-electron chi connectivity index (χ4n) is 4.23. The van der Waals surface area contributed by atoms with Crippen molar-refractivity contribution < 1.29 is 28.6 Å². The van der Waals surface area contributed by atoms with Gasteiger partial charge in [0.05, 0.1) is 22.3 Å². The molecule has 0 spiro atoms. The molecule has 0 radical (unpaired) electrons. The number of rotatable bonds is 3. The molecule has 3 N–H and O–H groups in total. The van der Waals surface area contributed by atoms with Gasteiger partial charge in [0, 0.05) is 23.7 Å². The number of hydrogen-bond acceptors (Lipinski definition) is 4. The molecule has 8 nitrogen and oxygen atoms in total. The number of carboxylic acid groups (broad SMARTS) is 1. The van der Waals surface area contributed by atoms with Crippen LogP contribution in [0.25, 0.3) is 11.0 Å². The van der Waals surface area contributed by atoms with E-state index in [1.165, 1.54) is 31.3 Å². The molecule has 0 saturated heterocycles. The molecular formula is C25H16F2N4O4. The van der Waals surface area contributed by atoms with E-state index in [0.717, 1.165) is 21.9 Å². The minimum atomic E-state index is -2.20. The van der Waals surface area contributed by atoms with E-state index in [9.17, 15) is 24.2 Å². The number of fused-ring (bicyclic) bond motifs is 2. The van der Waals surface area contributed by atoms with Gasteiger partial charge in [-0.1, -0.05) is 30.2 Å². The summed E-state index contributed by atoms with van der Waals surface area (Å²) in [6.07, 6.45) is 4.04. The molecule has 0 saturated carbocycles. The maximum Gasteiger partial charge on any atom is 0.413 e. The highest BCUT2D eigenvalue weighted by molar-refractivity contribution is 6.12. The van der Waals surface area contributed by atoms with Gasteiger partial charge in [0.25, 0.3) is 5.91 Å². The van der Waals surface area contributed by atoms with Crippen LogP contribution in [0, 0.1) is 24.0 Å². The molecule has 2 amide bonds. The maximum atomic E-state index is 15.3. The van der Waals surface area contributed by atoms with Crippen molar-refractivity contribution in [1.82, 2.24) is 9.97 Å². The van der Waals surface area contributed by atoms with Crippen LogP contribution in [0.3, 0.4) is 0 Å². The highest BCUT2D eigenvalue weighted by atomic mass is 19.1. The molecule has 1 aromatic heterocycles. The van der Waals surface area contributed by atoms with Crippen molar-refractivity contribution in [2.45, 2.75) is 5.72 Å². The van der Waals surface area contributed by atoms with Crippen LogP contribution in [0.4, 0.5) is 25.2 Å². The van der Waals surface area contributed by atoms with E-state index in [-0.39, 0.29) is 22.6 Å². The van der Waals surface area contributed by atoms with Gasteiger partial charge >= 0.3 is 6.09 Å². The number of benzene rings is 3. The van der Waals surface area contributed by atoms with Gasteiger partial charge in [-0.3, -0.25) is 14.6 Å². The van der Waals surface area contributed by atoms with Crippen molar-refractivity contribution in [2.24, 2.45) is 0 Å². The Bertz CT molecular complexity index is 1590. The Morgan fingerprint density at radius 3 is 2.66 bits per heavy atom. The van der Waals surface area contributed by atoms with E-state index >= 15 is 4.39 Å². The predicted octanol–water partition coefficient (Wildman–Crippen LogP) is 3.79. The summed E-state index contributed by atoms with van der Waals surface area (Å²) in [6.45, 7) is 0. The Balaban J connectivity index is 1.75. The number of H-pyrrole nitrogens is 1. The largest absolute Gasteiger partial charge is 0.465 e. The number of nitrogens with zero attached hydrogens (tertiary/aromatic N) is 3. The molecule has 5 rings (SSSR count). The number of carbonyl (C=O) groups is 2. The molecule has 174 valence electrons. The lowest BCUT2D eigenvalue weighted by Crippen LogP contribution is -2.45. The number of aromatic amines is 1. The van der Waals surface area contributed by atoms with Crippen LogP contribution >= 0.6 is 0 Å². The zero-order valence-corrected chi connectivity index (χ0v) is 18.1. The van der Waals surface area contributed by atoms with Crippen molar-refractivity contribution in [2.75, 3.05) is 16.8 Å². The van der Waals surface area contributed by atoms with Crippen LogP contribution in [0.1, 0.15) is 27.0 Å². The first-order chi connectivity index (χ1) is 16.7. The summed E-state index contributed by atoms with van der Waals surface area (Å²) in [5.74, 6) is -0.881. The monoisotopic (exact) mass is 474 g/mol. The van der Waals surface area contributed by atoms with Crippen LogP contribution in [0.2, 0.25) is 0 Å². The highest BCUT2D eigenvalue weighted by Gasteiger charge is 2.51. The van der Waals surface area contributed by atoms with Crippen LogP contribution in [-0.2, 0) is 5.72 Å². The lowest BCUT2D eigenvalue weighted by atomic mass is 9.93. The smallest absolute Gasteiger partial charge is 0.413 e. The fourth-order valence-corrected chi connectivity index (χ4v) is 4.23. The van der Waals surface area contributed by atoms with Gasteiger partial charge in [-0.25, -0.2) is 18.6 Å². The molecule has 2 heterocycles. The third-order valence-electron chi connectivity index (χ3n) is 5.99. The van der Waals surface area contributed by atoms with Gasteiger partial charge < -0.3 is 15.2 Å². The third kappa shape index (κ3) is 3.06. The molecule has 0 bridgehead atoms. The molecule has 0 aliphatic carbocycles. The number of anilines is 2. The summed E-state index contributed by atoms with van der Waals surface area (Å²) in [7, 11) is 1.31. The van der Waals surface area contributed by atoms with Crippen molar-refractivity contribution in [1.29, 1.82) is 0 Å². The van der Waals surface area contributed by atoms with Crippen LogP contribution in [0.15, 0.2) is 54.6 Å². The Morgan fingerprint density at radius 1 is 1.20 bits per heavy atom. The molecule has 1 aliphatic heterocycles. The first-order valence-electron chi connectivity index (χ1n) is 10.3. The minimum absolute atomic E-state index is 0.0413. The number of terminal acetylenes is 1. The first-order valence-corrected chi connectivity index (χ1v) is 10.3. The number of aromatic nitrogens is 2. The molecule has 4 aromatic rings. The SMILES string of the molecule is C#Cc1c(F)ccc(N2C(=O)c3ccccc3C2(O)c2ccc3[nH]c(N(C)C(=O)O)nc3c2)c1F. The highest BCUT2D eigenvalue weighted by Crippen LogP contribution is 2.46. The Kier molecular flexibility index (Phi) is 4.82. The normalized spacial score (nSPS) is 16.9. The van der Waals surface area contributed by atoms with E-state index in [4.69, 9.17) is 6.42 Å². The second-order valence-corrected chi connectivity index (χ2v) is 7.89. The van der Waals surface area contributed by atoms with Crippen LogP contribution < -0.4 is 9.80 Å². The van der Waals surface area contributed by atoms with E-state index in [1.54, 1.807) is 18.2 Å². The summed E-state index contributed by atoms with van der Waals surface area (Å²) in [6, 6.07) is 12.7. The average molecular weight is 474 g/mol. The lowest BCUT2D eigenvalue weighted by molar-refractivity contribution is 0.0698. The number of amides is 2. The first kappa shape index (κ1) is 22.1.